The molecule has 1 saturated carbocycles. The molecule has 19 heavy (non-hydrogen) atoms. The number of hydrogen-bond acceptors (Lipinski definition) is 5. The third kappa shape index (κ3) is 3.80. The molecule has 1 fully saturated rings. The lowest BCUT2D eigenvalue weighted by Gasteiger charge is -2.27. The molecule has 0 amide bonds. The van der Waals surface area contributed by atoms with Crippen LogP contribution in [0.2, 0.25) is 0 Å². The Hall–Kier alpha value is -1.36. The van der Waals surface area contributed by atoms with Gasteiger partial charge in [-0.25, -0.2) is 9.97 Å². The normalized spacial score (nSPS) is 23.1. The summed E-state index contributed by atoms with van der Waals surface area (Å²) >= 11 is 0. The highest BCUT2D eigenvalue weighted by atomic mass is 15.2. The Labute approximate surface area is 115 Å². The summed E-state index contributed by atoms with van der Waals surface area (Å²) in [7, 11) is 0. The van der Waals surface area contributed by atoms with Gasteiger partial charge in [0.05, 0.1) is 0 Å². The van der Waals surface area contributed by atoms with Crippen molar-refractivity contribution in [3.05, 3.63) is 12.4 Å². The van der Waals surface area contributed by atoms with E-state index in [2.05, 4.69) is 34.0 Å². The third-order valence-electron chi connectivity index (χ3n) is 3.86. The fourth-order valence-electron chi connectivity index (χ4n) is 2.62. The lowest BCUT2D eigenvalue weighted by Crippen LogP contribution is -2.33. The highest BCUT2D eigenvalue weighted by Crippen LogP contribution is 2.21. The van der Waals surface area contributed by atoms with Crippen molar-refractivity contribution in [3.63, 3.8) is 0 Å². The first-order valence-corrected chi connectivity index (χ1v) is 7.32. The van der Waals surface area contributed by atoms with Crippen molar-refractivity contribution < 1.29 is 0 Å². The summed E-state index contributed by atoms with van der Waals surface area (Å²) in [6, 6.07) is 2.93. The number of nitrogens with two attached hydrogens (primary N) is 1. The van der Waals surface area contributed by atoms with Gasteiger partial charge in [-0.3, -0.25) is 0 Å². The van der Waals surface area contributed by atoms with Gasteiger partial charge in [-0.15, -0.1) is 0 Å². The number of rotatable bonds is 5. The van der Waals surface area contributed by atoms with E-state index in [0.29, 0.717) is 12.1 Å². The zero-order valence-corrected chi connectivity index (χ0v) is 12.0. The van der Waals surface area contributed by atoms with E-state index in [1.54, 1.807) is 6.33 Å². The van der Waals surface area contributed by atoms with Gasteiger partial charge in [-0.1, -0.05) is 0 Å². The molecule has 0 aromatic carbocycles. The highest BCUT2D eigenvalue weighted by molar-refractivity contribution is 5.48. The lowest BCUT2D eigenvalue weighted by atomic mass is 9.92. The van der Waals surface area contributed by atoms with E-state index in [9.17, 15) is 0 Å². The van der Waals surface area contributed by atoms with Crippen molar-refractivity contribution in [2.75, 3.05) is 23.3 Å². The lowest BCUT2D eigenvalue weighted by molar-refractivity contribution is 0.410. The van der Waals surface area contributed by atoms with Crippen molar-refractivity contribution in [1.29, 1.82) is 0 Å². The van der Waals surface area contributed by atoms with Gasteiger partial charge in [0.15, 0.2) is 0 Å². The van der Waals surface area contributed by atoms with Crippen LogP contribution in [-0.4, -0.2) is 35.1 Å². The maximum Gasteiger partial charge on any atom is 0.134 e. The van der Waals surface area contributed by atoms with Gasteiger partial charge in [0.2, 0.25) is 0 Å². The van der Waals surface area contributed by atoms with E-state index in [-0.39, 0.29) is 0 Å². The summed E-state index contributed by atoms with van der Waals surface area (Å²) in [6.07, 6.45) is 6.11. The summed E-state index contributed by atoms with van der Waals surface area (Å²) in [5.41, 5.74) is 5.93. The number of anilines is 2. The maximum atomic E-state index is 5.93. The van der Waals surface area contributed by atoms with Crippen LogP contribution in [0.1, 0.15) is 39.5 Å². The fraction of sp³-hybridized carbons (Fsp3) is 0.714. The molecule has 0 bridgehead atoms. The minimum absolute atomic E-state index is 0.384. The van der Waals surface area contributed by atoms with Gasteiger partial charge in [-0.05, 0) is 39.5 Å². The molecule has 0 saturated heterocycles. The first-order valence-electron chi connectivity index (χ1n) is 7.32. The Balaban J connectivity index is 1.98. The zero-order chi connectivity index (χ0) is 13.7. The Morgan fingerprint density at radius 3 is 2.53 bits per heavy atom. The highest BCUT2D eigenvalue weighted by Gasteiger charge is 2.18. The largest absolute Gasteiger partial charge is 0.367 e. The number of aromatic nitrogens is 2. The average molecular weight is 263 g/mol. The second-order valence-electron chi connectivity index (χ2n) is 5.19. The standard InChI is InChI=1S/C14H25N5/c1-3-19(4-2)14-9-13(16-10-17-14)18-12-7-5-11(15)6-8-12/h9-12H,3-8,15H2,1-2H3,(H,16,17,18). The fourth-order valence-corrected chi connectivity index (χ4v) is 2.62. The van der Waals surface area contributed by atoms with Crippen LogP contribution < -0.4 is 16.0 Å². The molecule has 2 rings (SSSR count). The first kappa shape index (κ1) is 14.1. The first-order chi connectivity index (χ1) is 9.22. The minimum atomic E-state index is 0.384. The van der Waals surface area contributed by atoms with Crippen LogP contribution in [0.5, 0.6) is 0 Å². The average Bonchev–Trinajstić information content (AvgIpc) is 2.43. The molecule has 1 heterocycles. The molecule has 1 aromatic rings. The molecule has 0 spiro atoms. The van der Waals surface area contributed by atoms with E-state index in [0.717, 1.165) is 50.4 Å². The SMILES string of the molecule is CCN(CC)c1cc(NC2CCC(N)CC2)ncn1. The van der Waals surface area contributed by atoms with Crippen molar-refractivity contribution >= 4 is 11.6 Å². The quantitative estimate of drug-likeness (QED) is 0.850. The summed E-state index contributed by atoms with van der Waals surface area (Å²) < 4.78 is 0. The van der Waals surface area contributed by atoms with Crippen LogP contribution in [0.15, 0.2) is 12.4 Å². The maximum absolute atomic E-state index is 5.93. The van der Waals surface area contributed by atoms with E-state index < -0.39 is 0 Å². The zero-order valence-electron chi connectivity index (χ0n) is 12.0. The third-order valence-corrected chi connectivity index (χ3v) is 3.86. The van der Waals surface area contributed by atoms with E-state index in [1.165, 1.54) is 0 Å². The molecular weight excluding hydrogens is 238 g/mol. The molecule has 0 aliphatic heterocycles. The molecule has 0 atom stereocenters. The predicted molar refractivity (Wildman–Crippen MR) is 79.4 cm³/mol. The second-order valence-corrected chi connectivity index (χ2v) is 5.19. The topological polar surface area (TPSA) is 67.1 Å². The van der Waals surface area contributed by atoms with Crippen molar-refractivity contribution in [2.24, 2.45) is 5.73 Å². The molecule has 1 aliphatic rings. The summed E-state index contributed by atoms with van der Waals surface area (Å²) in [5.74, 6) is 1.92. The molecule has 3 N–H and O–H groups in total. The Bertz CT molecular complexity index is 383. The van der Waals surface area contributed by atoms with Gasteiger partial charge >= 0.3 is 0 Å². The number of hydrogen-bond donors (Lipinski definition) is 2. The van der Waals surface area contributed by atoms with Gasteiger partial charge in [0, 0.05) is 31.2 Å². The van der Waals surface area contributed by atoms with Gasteiger partial charge in [-0.2, -0.15) is 0 Å². The molecular formula is C14H25N5. The van der Waals surface area contributed by atoms with E-state index in [4.69, 9.17) is 5.73 Å². The second kappa shape index (κ2) is 6.70. The Morgan fingerprint density at radius 2 is 1.89 bits per heavy atom. The molecule has 1 aliphatic carbocycles. The summed E-state index contributed by atoms with van der Waals surface area (Å²) in [5, 5.41) is 3.51. The monoisotopic (exact) mass is 263 g/mol. The van der Waals surface area contributed by atoms with Crippen LogP contribution >= 0.6 is 0 Å². The van der Waals surface area contributed by atoms with E-state index >= 15 is 0 Å². The number of nitrogens with zero attached hydrogens (tertiary/aromatic N) is 3. The molecule has 0 unspecified atom stereocenters. The Morgan fingerprint density at radius 1 is 1.21 bits per heavy atom. The smallest absolute Gasteiger partial charge is 0.134 e. The van der Waals surface area contributed by atoms with Crippen LogP contribution in [0.4, 0.5) is 11.6 Å². The summed E-state index contributed by atoms with van der Waals surface area (Å²) in [6.45, 7) is 6.21. The van der Waals surface area contributed by atoms with Gasteiger partial charge in [0.25, 0.3) is 0 Å². The van der Waals surface area contributed by atoms with Crippen LogP contribution in [-0.2, 0) is 0 Å². The number of nitrogens with one attached hydrogen (secondary N) is 1. The molecule has 106 valence electrons. The molecule has 5 heteroatoms. The van der Waals surface area contributed by atoms with Gasteiger partial charge < -0.3 is 16.0 Å². The van der Waals surface area contributed by atoms with Crippen LogP contribution in [0.3, 0.4) is 0 Å². The van der Waals surface area contributed by atoms with Crippen molar-refractivity contribution in [1.82, 2.24) is 9.97 Å². The summed E-state index contributed by atoms with van der Waals surface area (Å²) in [4.78, 5) is 10.9. The molecule has 0 radical (unpaired) electrons. The van der Waals surface area contributed by atoms with Crippen molar-refractivity contribution in [2.45, 2.75) is 51.6 Å². The van der Waals surface area contributed by atoms with Crippen molar-refractivity contribution in [3.8, 4) is 0 Å². The van der Waals surface area contributed by atoms with E-state index in [1.807, 2.05) is 6.07 Å². The van der Waals surface area contributed by atoms with Gasteiger partial charge in [0.1, 0.15) is 18.0 Å². The minimum Gasteiger partial charge on any atom is -0.367 e. The van der Waals surface area contributed by atoms with Crippen LogP contribution in [0.25, 0.3) is 0 Å². The molecule has 1 aromatic heterocycles. The molecule has 5 nitrogen and oxygen atoms in total. The van der Waals surface area contributed by atoms with Crippen LogP contribution in [0, 0.1) is 0 Å². The Kier molecular flexibility index (Phi) is 4.96. The predicted octanol–water partition coefficient (Wildman–Crippen LogP) is 2.00.